The van der Waals surface area contributed by atoms with Crippen LogP contribution in [0.1, 0.15) is 441 Å². The van der Waals surface area contributed by atoms with Gasteiger partial charge >= 0.3 is 0 Å². The van der Waals surface area contributed by atoms with Crippen LogP contribution in [0, 0.1) is 90.5 Å². The molecule has 0 fully saturated rings. The molecule has 0 bridgehead atoms. The molecule has 0 heterocycles. The zero-order chi connectivity index (χ0) is 153. The lowest BCUT2D eigenvalue weighted by Crippen LogP contribution is -2.18. The van der Waals surface area contributed by atoms with Crippen LogP contribution in [-0.2, 0) is 0 Å². The largest absolute Gasteiger partial charge is 0.294 e. The van der Waals surface area contributed by atoms with Crippen molar-refractivity contribution >= 4 is 139 Å². The van der Waals surface area contributed by atoms with E-state index in [4.69, 9.17) is 179 Å². The summed E-state index contributed by atoms with van der Waals surface area (Å²) < 4.78 is 486. The molecule has 8 rings (SSSR count). The highest BCUT2D eigenvalue weighted by atomic mass is 35.5. The minimum atomic E-state index is -3.64. The van der Waals surface area contributed by atoms with Gasteiger partial charge in [-0.25, -0.2) is 0 Å². The van der Waals surface area contributed by atoms with Crippen molar-refractivity contribution in [3.63, 3.8) is 0 Å². The highest BCUT2D eigenvalue weighted by molar-refractivity contribution is 6.33. The molecule has 0 aliphatic heterocycles. The first-order chi connectivity index (χ1) is 83.9. The molecule has 16 heteroatoms. The molecule has 0 radical (unpaired) electrons. The van der Waals surface area contributed by atoms with Crippen LogP contribution in [0.3, 0.4) is 0 Å². The Morgan fingerprint density at radius 2 is 0.391 bits per heavy atom. The third-order valence-corrected chi connectivity index (χ3v) is 17.6. The summed E-state index contributed by atoms with van der Waals surface area (Å²) in [5, 5.41) is -0.644. The van der Waals surface area contributed by atoms with E-state index < -0.39 is 359 Å². The normalized spacial score (nSPS) is 24.0. The van der Waals surface area contributed by atoms with E-state index in [0.717, 1.165) is 27.7 Å². The Morgan fingerprint density at radius 3 is 0.555 bits per heavy atom. The summed E-state index contributed by atoms with van der Waals surface area (Å²) in [5.74, 6) is -22.5. The fourth-order valence-corrected chi connectivity index (χ4v) is 12.7. The van der Waals surface area contributed by atoms with Crippen LogP contribution in [0.15, 0.2) is 194 Å². The molecule has 2 unspecified atom stereocenters. The summed E-state index contributed by atoms with van der Waals surface area (Å²) in [4.78, 5) is 101. The molecule has 8 nitrogen and oxygen atoms in total. The van der Waals surface area contributed by atoms with Gasteiger partial charge in [-0.05, 0) is 192 Å². The van der Waals surface area contributed by atoms with Gasteiger partial charge in [0, 0.05) is 196 Å². The number of carbonyl (C=O) groups excluding carboxylic acids is 8. The fraction of sp³-hybridized carbons (Fsp3) is 0.500. The Bertz CT molecular complexity index is 7270. The molecule has 0 aromatic heterocycles. The van der Waals surface area contributed by atoms with Crippen molar-refractivity contribution < 1.29 is 125 Å². The minimum Gasteiger partial charge on any atom is -0.294 e. The molecule has 0 aliphatic carbocycles. The van der Waals surface area contributed by atoms with Crippen LogP contribution in [-0.4, -0.2) is 46.3 Å². The van der Waals surface area contributed by atoms with E-state index in [-0.39, 0.29) is 73.8 Å². The van der Waals surface area contributed by atoms with Crippen LogP contribution in [0.25, 0.3) is 0 Å². The first-order valence-electron chi connectivity index (χ1n) is 70.3. The average Bonchev–Trinajstić information content (AvgIpc) is 0.712. The molecular weight excluding hydrogens is 1760 g/mol. The fourth-order valence-electron chi connectivity index (χ4n) is 11.4. The summed E-state index contributed by atoms with van der Waals surface area (Å²) in [5.41, 5.74) is -16.8. The van der Waals surface area contributed by atoms with Gasteiger partial charge in [0.15, 0.2) is 46.3 Å². The number of hydrogen-bond donors (Lipinski definition) is 0. The van der Waals surface area contributed by atoms with Gasteiger partial charge in [0.1, 0.15) is 0 Å². The molecular formula is C112H152Cl8O8. The first-order valence-corrected chi connectivity index (χ1v) is 41.9. The molecule has 0 amide bonds. The van der Waals surface area contributed by atoms with Gasteiger partial charge in [-0.1, -0.05) is 410 Å². The predicted molar refractivity (Wildman–Crippen MR) is 552 cm³/mol. The average molecular weight is 1970 g/mol. The van der Waals surface area contributed by atoms with Crippen molar-refractivity contribution in [3.8, 4) is 0 Å². The van der Waals surface area contributed by atoms with Gasteiger partial charge in [0.05, 0.1) is 21.9 Å². The van der Waals surface area contributed by atoms with Crippen LogP contribution in [0.4, 0.5) is 0 Å². The van der Waals surface area contributed by atoms with Crippen LogP contribution >= 0.6 is 92.8 Å². The molecule has 0 N–H and O–H groups in total. The van der Waals surface area contributed by atoms with Gasteiger partial charge in [0.2, 0.25) is 0 Å². The standard InChI is InChI=1S/8C14H19ClO/c8*1-10(9-14(2,3)4)13(16)11-6-5-7-12(15)8-11/h8*5-8,10H,9H2,1-4H3/t6*10-;;/m111110../s1/i2D3,3D3,4D3,5D,6D,7D,8D,10D;5D,6D,7D,8D,10D;2D3,3D3,4D3,10D;2D3,3D3,10D;2*2D3,10D;2D3,3D3,4D3,5D,6D,7D,8D,10D;5D,6D,7D,8D,10D. The van der Waals surface area contributed by atoms with E-state index in [0.29, 0.717) is 26.2 Å². The highest BCUT2D eigenvalue weighted by Crippen LogP contribution is 2.35. The SMILES string of the molecule is [2H]C([2H])([2H])C(C)(C)C[C@@]([2H])(C)C(=O)c1cccc(Cl)c1.[2H]C([2H])([2H])C(C)(C)C[C@]([2H])(C)C(=O)c1cccc(Cl)c1.[2H]C([2H])([2H])C(C)(C[C@@]([2H])(C)C(=O)c1cccc(Cl)c1)C([2H])([2H])[2H].[2H]C([2H])([2H])C(C[C@@]([2H])(C)C(=O)c1cccc(Cl)c1)(C([2H])([2H])[2H])C([2H])([2H])[2H].[2H]c1c([2H])c(Cl)c([2H])c(C(=O)C([2H])(C)CC(C([2H])([2H])[2H])(C([2H])([2H])[2H])C([2H])([2H])[2H])c1[2H].[2H]c1c([2H])c(Cl)c([2H])c(C(=O)C([2H])(C)CC(C)(C)C)c1[2H].[2H]c1c([2H])c(Cl)c([2H])c(C(=O)[C@]([2H])(C)CC(C([2H])([2H])[2H])(C([2H])([2H])[2H])C([2H])([2H])[2H])c1[2H].[2H]c1c([2H])c(Cl)c([2H])c(C(=O)[C@]([2H])(C)CC(C)(C)C)c1[2H]. The summed E-state index contributed by atoms with van der Waals surface area (Å²) in [7, 11) is 0. The van der Waals surface area contributed by atoms with Crippen molar-refractivity contribution in [2.24, 2.45) is 90.5 Å². The molecule has 704 valence electrons. The topological polar surface area (TPSA) is 137 Å². The zero-order valence-electron chi connectivity index (χ0n) is 138. The summed E-state index contributed by atoms with van der Waals surface area (Å²) in [6, 6.07) is 13.7. The molecule has 0 saturated carbocycles. The predicted octanol–water partition coefficient (Wildman–Crippen LogP) is 36.8. The third-order valence-electron chi connectivity index (χ3n) is 15.9. The van der Waals surface area contributed by atoms with E-state index in [1.165, 1.54) is 83.1 Å². The lowest BCUT2D eigenvalue weighted by Gasteiger charge is -2.22. The smallest absolute Gasteiger partial charge is 0.165 e. The number of benzene rings is 8. The van der Waals surface area contributed by atoms with Crippen LogP contribution < -0.4 is 0 Å². The number of rotatable bonds is 24. The van der Waals surface area contributed by atoms with Crippen LogP contribution in [0.2, 0.25) is 40.2 Å². The number of ketones is 8. The molecule has 8 aromatic carbocycles. The lowest BCUT2D eigenvalue weighted by molar-refractivity contribution is 0.0891. The maximum Gasteiger partial charge on any atom is 0.165 e. The number of carbonyl (C=O) groups is 8. The number of halogens is 8. The van der Waals surface area contributed by atoms with Gasteiger partial charge in [-0.3, -0.25) is 38.4 Å². The van der Waals surface area contributed by atoms with E-state index in [1.807, 2.05) is 41.5 Å². The number of Topliss-reactive ketones (excluding diaryl/α,β-unsaturated/α-hetero) is 8. The molecule has 128 heavy (non-hydrogen) atoms. The van der Waals surface area contributed by atoms with Crippen molar-refractivity contribution in [1.82, 2.24) is 0 Å². The monoisotopic (exact) mass is 1970 g/mol. The van der Waals surface area contributed by atoms with Gasteiger partial charge in [-0.2, -0.15) is 0 Å². The highest BCUT2D eigenvalue weighted by Gasteiger charge is 2.30. The Kier molecular flexibility index (Phi) is 22.1. The maximum absolute atomic E-state index is 13.0. The maximum atomic E-state index is 13.0. The van der Waals surface area contributed by atoms with Crippen molar-refractivity contribution in [1.29, 1.82) is 0 Å². The molecule has 8 aromatic rings. The van der Waals surface area contributed by atoms with E-state index in [9.17, 15) is 38.4 Å². The third kappa shape index (κ3) is 53.2. The summed E-state index contributed by atoms with van der Waals surface area (Å²) in [6.45, 7) is -14.1. The summed E-state index contributed by atoms with van der Waals surface area (Å²) in [6.07, 6.45) is -4.41. The van der Waals surface area contributed by atoms with Gasteiger partial charge in [-0.15, -0.1) is 0 Å². The van der Waals surface area contributed by atoms with Crippen molar-refractivity contribution in [2.45, 2.75) is 272 Å². The second-order valence-corrected chi connectivity index (χ2v) is 37.3. The van der Waals surface area contributed by atoms with Crippen molar-refractivity contribution in [2.75, 3.05) is 0 Å². The van der Waals surface area contributed by atoms with E-state index in [2.05, 4.69) is 0 Å². The molecule has 0 spiro atoms. The van der Waals surface area contributed by atoms with E-state index >= 15 is 0 Å². The lowest BCUT2D eigenvalue weighted by atomic mass is 9.82. The Hall–Kier alpha value is -6.56. The van der Waals surface area contributed by atoms with Gasteiger partial charge < -0.3 is 0 Å². The number of hydrogen-bond acceptors (Lipinski definition) is 8. The second kappa shape index (κ2) is 54.6. The first kappa shape index (κ1) is 51.8. The Labute approximate surface area is 901 Å². The molecule has 0 saturated heterocycles. The quantitative estimate of drug-likeness (QED) is 0.0546. The van der Waals surface area contributed by atoms with Gasteiger partial charge in [0.25, 0.3) is 0 Å². The van der Waals surface area contributed by atoms with E-state index in [1.54, 1.807) is 76.2 Å². The summed E-state index contributed by atoms with van der Waals surface area (Å²) >= 11 is 46.4. The molecule has 0 aliphatic rings. The van der Waals surface area contributed by atoms with Crippen LogP contribution in [0.5, 0.6) is 0 Å². The second-order valence-electron chi connectivity index (χ2n) is 34.0. The Balaban J connectivity index is 0.00000110. The minimum absolute atomic E-state index is 0.0366. The molecule has 8 atom stereocenters. The van der Waals surface area contributed by atoms with Crippen molar-refractivity contribution in [3.05, 3.63) is 278 Å². The Morgan fingerprint density at radius 1 is 0.234 bits per heavy atom. The zero-order valence-corrected chi connectivity index (χ0v) is 80.7.